The summed E-state index contributed by atoms with van der Waals surface area (Å²) < 4.78 is 12.1. The predicted octanol–water partition coefficient (Wildman–Crippen LogP) is 3.98. The number of nitrogens with one attached hydrogen (secondary N) is 1. The quantitative estimate of drug-likeness (QED) is 0.617. The predicted molar refractivity (Wildman–Crippen MR) is 87.9 cm³/mol. The van der Waals surface area contributed by atoms with Gasteiger partial charge in [0.25, 0.3) is 5.91 Å². The van der Waals surface area contributed by atoms with E-state index in [1.807, 2.05) is 36.4 Å². The van der Waals surface area contributed by atoms with Gasteiger partial charge in [-0.25, -0.2) is 4.68 Å². The standard InChI is InChI=1S/C18H13N3O3/c22-18(16-7-3-11-23-16)19-14-6-2-1-5-13(14)15-9-10-21(20-15)17-8-4-12-24-17/h1-12H,(H,19,22). The molecule has 6 heteroatoms. The number of para-hydroxylation sites is 1. The van der Waals surface area contributed by atoms with Crippen molar-refractivity contribution in [2.24, 2.45) is 0 Å². The molecule has 3 heterocycles. The Labute approximate surface area is 137 Å². The lowest BCUT2D eigenvalue weighted by Gasteiger charge is -2.08. The van der Waals surface area contributed by atoms with Crippen molar-refractivity contribution in [1.29, 1.82) is 0 Å². The second kappa shape index (κ2) is 5.92. The van der Waals surface area contributed by atoms with E-state index in [1.165, 1.54) is 6.26 Å². The fraction of sp³-hybridized carbons (Fsp3) is 0. The summed E-state index contributed by atoms with van der Waals surface area (Å²) in [5.41, 5.74) is 2.19. The Kier molecular flexibility index (Phi) is 3.47. The van der Waals surface area contributed by atoms with Crippen LogP contribution < -0.4 is 5.32 Å². The molecular weight excluding hydrogens is 306 g/mol. The smallest absolute Gasteiger partial charge is 0.291 e. The average molecular weight is 319 g/mol. The van der Waals surface area contributed by atoms with Crippen molar-refractivity contribution in [2.45, 2.75) is 0 Å². The zero-order valence-corrected chi connectivity index (χ0v) is 12.5. The third-order valence-electron chi connectivity index (χ3n) is 3.52. The van der Waals surface area contributed by atoms with Crippen LogP contribution in [-0.2, 0) is 0 Å². The Morgan fingerprint density at radius 3 is 2.58 bits per heavy atom. The van der Waals surface area contributed by atoms with Gasteiger partial charge in [0.15, 0.2) is 5.76 Å². The normalized spacial score (nSPS) is 10.7. The van der Waals surface area contributed by atoms with Crippen molar-refractivity contribution in [3.63, 3.8) is 0 Å². The summed E-state index contributed by atoms with van der Waals surface area (Å²) >= 11 is 0. The van der Waals surface area contributed by atoms with Gasteiger partial charge in [-0.2, -0.15) is 5.10 Å². The molecule has 0 aliphatic heterocycles. The molecule has 1 aromatic carbocycles. The van der Waals surface area contributed by atoms with Crippen LogP contribution >= 0.6 is 0 Å². The van der Waals surface area contributed by atoms with Gasteiger partial charge in [0.05, 0.1) is 23.9 Å². The molecule has 0 unspecified atom stereocenters. The van der Waals surface area contributed by atoms with E-state index in [-0.39, 0.29) is 11.7 Å². The Balaban J connectivity index is 1.66. The van der Waals surface area contributed by atoms with Crippen molar-refractivity contribution in [3.8, 4) is 17.1 Å². The number of aromatic nitrogens is 2. The van der Waals surface area contributed by atoms with Crippen molar-refractivity contribution in [2.75, 3.05) is 5.32 Å². The number of hydrogen-bond acceptors (Lipinski definition) is 4. The van der Waals surface area contributed by atoms with Gasteiger partial charge in [-0.3, -0.25) is 4.79 Å². The summed E-state index contributed by atoms with van der Waals surface area (Å²) in [4.78, 5) is 12.2. The van der Waals surface area contributed by atoms with Crippen LogP contribution in [0.25, 0.3) is 17.1 Å². The lowest BCUT2D eigenvalue weighted by Crippen LogP contribution is -2.11. The summed E-state index contributed by atoms with van der Waals surface area (Å²) in [6.07, 6.45) is 4.86. The lowest BCUT2D eigenvalue weighted by atomic mass is 10.1. The van der Waals surface area contributed by atoms with Crippen LogP contribution in [0, 0.1) is 0 Å². The maximum Gasteiger partial charge on any atom is 0.291 e. The summed E-state index contributed by atoms with van der Waals surface area (Å²) in [6, 6.07) is 16.2. The van der Waals surface area contributed by atoms with Crippen LogP contribution in [-0.4, -0.2) is 15.7 Å². The number of furan rings is 2. The van der Waals surface area contributed by atoms with Crippen LogP contribution in [0.15, 0.2) is 82.2 Å². The van der Waals surface area contributed by atoms with E-state index in [1.54, 1.807) is 35.3 Å². The molecule has 0 radical (unpaired) electrons. The summed E-state index contributed by atoms with van der Waals surface area (Å²) in [6.45, 7) is 0. The van der Waals surface area contributed by atoms with Gasteiger partial charge in [0, 0.05) is 17.8 Å². The fourth-order valence-electron chi connectivity index (χ4n) is 2.40. The monoisotopic (exact) mass is 319 g/mol. The first-order chi connectivity index (χ1) is 11.8. The van der Waals surface area contributed by atoms with E-state index in [0.29, 0.717) is 11.6 Å². The molecule has 0 aliphatic rings. The highest BCUT2D eigenvalue weighted by atomic mass is 16.3. The number of carbonyl (C=O) groups excluding carboxylic acids is 1. The molecule has 0 atom stereocenters. The minimum absolute atomic E-state index is 0.255. The molecule has 1 amide bonds. The van der Waals surface area contributed by atoms with Crippen LogP contribution in [0.4, 0.5) is 5.69 Å². The number of nitrogens with zero attached hydrogens (tertiary/aromatic N) is 2. The second-order valence-corrected chi connectivity index (χ2v) is 5.07. The zero-order valence-electron chi connectivity index (χ0n) is 12.5. The second-order valence-electron chi connectivity index (χ2n) is 5.07. The van der Waals surface area contributed by atoms with Gasteiger partial charge >= 0.3 is 0 Å². The number of hydrogen-bond donors (Lipinski definition) is 1. The average Bonchev–Trinajstić information content (AvgIpc) is 3.35. The van der Waals surface area contributed by atoms with Crippen LogP contribution in [0.3, 0.4) is 0 Å². The Morgan fingerprint density at radius 1 is 0.958 bits per heavy atom. The van der Waals surface area contributed by atoms with Crippen molar-refractivity contribution < 1.29 is 13.6 Å². The van der Waals surface area contributed by atoms with Crippen molar-refractivity contribution in [1.82, 2.24) is 9.78 Å². The highest BCUT2D eigenvalue weighted by Gasteiger charge is 2.14. The SMILES string of the molecule is O=C(Nc1ccccc1-c1ccn(-c2ccco2)n1)c1ccco1. The topological polar surface area (TPSA) is 73.2 Å². The first-order valence-electron chi connectivity index (χ1n) is 7.35. The summed E-state index contributed by atoms with van der Waals surface area (Å²) in [5.74, 6) is 0.571. The molecule has 1 N–H and O–H groups in total. The minimum atomic E-state index is -0.307. The van der Waals surface area contributed by atoms with E-state index in [0.717, 1.165) is 11.3 Å². The van der Waals surface area contributed by atoms with Crippen LogP contribution in [0.2, 0.25) is 0 Å². The van der Waals surface area contributed by atoms with Crippen molar-refractivity contribution in [3.05, 3.63) is 79.1 Å². The van der Waals surface area contributed by atoms with E-state index < -0.39 is 0 Å². The molecule has 0 spiro atoms. The molecule has 0 saturated carbocycles. The molecule has 4 rings (SSSR count). The summed E-state index contributed by atoms with van der Waals surface area (Å²) in [7, 11) is 0. The number of rotatable bonds is 4. The molecule has 118 valence electrons. The first kappa shape index (κ1) is 14.1. The van der Waals surface area contributed by atoms with E-state index >= 15 is 0 Å². The first-order valence-corrected chi connectivity index (χ1v) is 7.35. The number of carbonyl (C=O) groups is 1. The van der Waals surface area contributed by atoms with Gasteiger partial charge in [0.1, 0.15) is 0 Å². The van der Waals surface area contributed by atoms with Crippen molar-refractivity contribution >= 4 is 11.6 Å². The molecule has 3 aromatic heterocycles. The van der Waals surface area contributed by atoms with Gasteiger partial charge in [-0.05, 0) is 30.3 Å². The zero-order chi connectivity index (χ0) is 16.4. The van der Waals surface area contributed by atoms with E-state index in [2.05, 4.69) is 10.4 Å². The Bertz CT molecular complexity index is 953. The molecule has 0 aliphatic carbocycles. The van der Waals surface area contributed by atoms with Gasteiger partial charge < -0.3 is 14.2 Å². The third-order valence-corrected chi connectivity index (χ3v) is 3.52. The molecule has 0 saturated heterocycles. The van der Waals surface area contributed by atoms with E-state index in [9.17, 15) is 4.79 Å². The van der Waals surface area contributed by atoms with Gasteiger partial charge in [0.2, 0.25) is 5.88 Å². The molecule has 0 fully saturated rings. The van der Waals surface area contributed by atoms with Crippen LogP contribution in [0.1, 0.15) is 10.6 Å². The van der Waals surface area contributed by atoms with Gasteiger partial charge in [-0.15, -0.1) is 0 Å². The number of amides is 1. The molecule has 6 nitrogen and oxygen atoms in total. The highest BCUT2D eigenvalue weighted by Crippen LogP contribution is 2.27. The number of anilines is 1. The molecule has 0 bridgehead atoms. The summed E-state index contributed by atoms with van der Waals surface area (Å²) in [5, 5.41) is 7.35. The largest absolute Gasteiger partial charge is 0.459 e. The Morgan fingerprint density at radius 2 is 1.79 bits per heavy atom. The maximum absolute atomic E-state index is 12.2. The van der Waals surface area contributed by atoms with Gasteiger partial charge in [-0.1, -0.05) is 18.2 Å². The minimum Gasteiger partial charge on any atom is -0.459 e. The molecule has 4 aromatic rings. The Hall–Kier alpha value is -3.54. The maximum atomic E-state index is 12.2. The fourth-order valence-corrected chi connectivity index (χ4v) is 2.40. The third kappa shape index (κ3) is 2.61. The molecular formula is C18H13N3O3. The van der Waals surface area contributed by atoms with E-state index in [4.69, 9.17) is 8.83 Å². The van der Waals surface area contributed by atoms with Crippen LogP contribution in [0.5, 0.6) is 0 Å². The molecule has 24 heavy (non-hydrogen) atoms. The highest BCUT2D eigenvalue weighted by molar-refractivity contribution is 6.04. The lowest BCUT2D eigenvalue weighted by molar-refractivity contribution is 0.0996. The number of benzene rings is 1.